The van der Waals surface area contributed by atoms with Crippen molar-refractivity contribution in [3.8, 4) is 0 Å². The Morgan fingerprint density at radius 2 is 2.30 bits per heavy atom. The van der Waals surface area contributed by atoms with Gasteiger partial charge in [-0.1, -0.05) is 6.92 Å². The lowest BCUT2D eigenvalue weighted by Gasteiger charge is -2.06. The zero-order valence-corrected chi connectivity index (χ0v) is 13.3. The average Bonchev–Trinajstić information content (AvgIpc) is 3.14. The molecule has 1 atom stereocenters. The molecule has 0 aliphatic heterocycles. The maximum atomic E-state index is 14.7. The fourth-order valence-electron chi connectivity index (χ4n) is 2.34. The van der Waals surface area contributed by atoms with Gasteiger partial charge in [0.2, 0.25) is 5.28 Å². The highest BCUT2D eigenvalue weighted by atomic mass is 35.5. The molecular weight excluding hydrogens is 321 g/mol. The maximum Gasteiger partial charge on any atom is 0.226 e. The second-order valence-corrected chi connectivity index (χ2v) is 5.63. The number of anilines is 1. The molecule has 0 aliphatic carbocycles. The van der Waals surface area contributed by atoms with E-state index in [0.717, 1.165) is 6.42 Å². The van der Waals surface area contributed by atoms with Crippen molar-refractivity contribution in [2.75, 3.05) is 5.32 Å². The monoisotopic (exact) mass is 337 g/mol. The molecule has 6 nitrogen and oxygen atoms in total. The molecule has 3 rings (SSSR count). The first-order chi connectivity index (χ1) is 11.1. The summed E-state index contributed by atoms with van der Waals surface area (Å²) >= 11 is 5.93. The van der Waals surface area contributed by atoms with Crippen molar-refractivity contribution in [3.63, 3.8) is 0 Å². The number of hydrogen-bond acceptors (Lipinski definition) is 5. The van der Waals surface area contributed by atoms with Gasteiger partial charge < -0.3 is 20.5 Å². The van der Waals surface area contributed by atoms with Crippen molar-refractivity contribution in [2.24, 2.45) is 5.73 Å². The highest BCUT2D eigenvalue weighted by Gasteiger charge is 2.19. The number of aromatic nitrogens is 3. The van der Waals surface area contributed by atoms with Crippen LogP contribution in [-0.2, 0) is 13.0 Å². The van der Waals surface area contributed by atoms with Crippen molar-refractivity contribution in [2.45, 2.75) is 32.4 Å². The first-order valence-corrected chi connectivity index (χ1v) is 7.71. The highest BCUT2D eigenvalue weighted by Crippen LogP contribution is 2.28. The van der Waals surface area contributed by atoms with Gasteiger partial charge in [0.15, 0.2) is 5.82 Å². The predicted molar refractivity (Wildman–Crippen MR) is 86.9 cm³/mol. The summed E-state index contributed by atoms with van der Waals surface area (Å²) in [5, 5.41) is 3.34. The molecule has 0 aliphatic rings. The number of furan rings is 1. The van der Waals surface area contributed by atoms with E-state index in [1.54, 1.807) is 12.3 Å². The van der Waals surface area contributed by atoms with Crippen LogP contribution >= 0.6 is 11.6 Å². The molecule has 0 spiro atoms. The lowest BCUT2D eigenvalue weighted by Crippen LogP contribution is -2.22. The molecule has 3 aromatic rings. The normalized spacial score (nSPS) is 12.7. The molecule has 23 heavy (non-hydrogen) atoms. The molecule has 0 radical (unpaired) electrons. The first-order valence-electron chi connectivity index (χ1n) is 7.34. The van der Waals surface area contributed by atoms with Crippen LogP contribution in [0.1, 0.15) is 24.8 Å². The Bertz CT molecular complexity index is 802. The number of nitrogens with one attached hydrogen (secondary N) is 2. The maximum absolute atomic E-state index is 14.7. The number of nitrogens with zero attached hydrogens (tertiary/aromatic N) is 2. The molecule has 0 saturated carbocycles. The van der Waals surface area contributed by atoms with Crippen molar-refractivity contribution in [1.29, 1.82) is 0 Å². The van der Waals surface area contributed by atoms with Crippen LogP contribution < -0.4 is 11.1 Å². The largest absolute Gasteiger partial charge is 0.467 e. The summed E-state index contributed by atoms with van der Waals surface area (Å²) in [5.74, 6) is 0.626. The highest BCUT2D eigenvalue weighted by molar-refractivity contribution is 6.28. The Morgan fingerprint density at radius 3 is 3.00 bits per heavy atom. The van der Waals surface area contributed by atoms with Crippen molar-refractivity contribution in [3.05, 3.63) is 41.0 Å². The topological polar surface area (TPSA) is 92.8 Å². The van der Waals surface area contributed by atoms with Crippen molar-refractivity contribution >= 4 is 28.5 Å². The van der Waals surface area contributed by atoms with Gasteiger partial charge in [-0.15, -0.1) is 0 Å². The van der Waals surface area contributed by atoms with Gasteiger partial charge in [-0.05, 0) is 30.2 Å². The van der Waals surface area contributed by atoms with Crippen LogP contribution in [0.3, 0.4) is 0 Å². The third-order valence-electron chi connectivity index (χ3n) is 3.64. The SMILES string of the molecule is CCC(N)Cc1[nH]c2nc(Cl)nc(NCc3ccco3)c2c1F. The quantitative estimate of drug-likeness (QED) is 0.600. The Balaban J connectivity index is 1.96. The second-order valence-electron chi connectivity index (χ2n) is 5.29. The lowest BCUT2D eigenvalue weighted by atomic mass is 10.1. The summed E-state index contributed by atoms with van der Waals surface area (Å²) in [7, 11) is 0. The molecule has 1 unspecified atom stereocenters. The van der Waals surface area contributed by atoms with Gasteiger partial charge in [0, 0.05) is 12.5 Å². The fraction of sp³-hybridized carbons (Fsp3) is 0.333. The molecule has 0 fully saturated rings. The van der Waals surface area contributed by atoms with Crippen molar-refractivity contribution < 1.29 is 8.81 Å². The Kier molecular flexibility index (Phi) is 4.49. The lowest BCUT2D eigenvalue weighted by molar-refractivity contribution is 0.518. The third-order valence-corrected chi connectivity index (χ3v) is 3.81. The molecule has 3 heterocycles. The number of nitrogens with two attached hydrogens (primary N) is 1. The Hall–Kier alpha value is -2.12. The molecule has 122 valence electrons. The van der Waals surface area contributed by atoms with Crippen LogP contribution in [0.5, 0.6) is 0 Å². The van der Waals surface area contributed by atoms with E-state index in [1.807, 2.05) is 13.0 Å². The van der Waals surface area contributed by atoms with E-state index in [4.69, 9.17) is 21.8 Å². The smallest absolute Gasteiger partial charge is 0.226 e. The molecular formula is C15H17ClFN5O. The van der Waals surface area contributed by atoms with Gasteiger partial charge in [-0.3, -0.25) is 0 Å². The van der Waals surface area contributed by atoms with Crippen LogP contribution in [0, 0.1) is 5.82 Å². The second kappa shape index (κ2) is 6.55. The van der Waals surface area contributed by atoms with E-state index < -0.39 is 5.82 Å². The van der Waals surface area contributed by atoms with E-state index >= 15 is 0 Å². The van der Waals surface area contributed by atoms with Gasteiger partial charge in [-0.2, -0.15) is 9.97 Å². The zero-order valence-electron chi connectivity index (χ0n) is 12.6. The minimum atomic E-state index is -0.400. The van der Waals surface area contributed by atoms with Gasteiger partial charge >= 0.3 is 0 Å². The van der Waals surface area contributed by atoms with E-state index in [-0.39, 0.29) is 16.7 Å². The summed E-state index contributed by atoms with van der Waals surface area (Å²) in [5.41, 5.74) is 6.67. The molecule has 0 bridgehead atoms. The summed E-state index contributed by atoms with van der Waals surface area (Å²) in [4.78, 5) is 11.1. The standard InChI is InChI=1S/C15H17ClFN5O/c1-2-8(18)6-10-12(17)11-13(19-7-9-4-3-5-23-9)21-15(16)22-14(11)20-10/h3-5,8H,2,6-7,18H2,1H3,(H2,19,20,21,22). The Labute approximate surface area is 137 Å². The number of halogens is 2. The molecule has 0 amide bonds. The van der Waals surface area contributed by atoms with Gasteiger partial charge in [-0.25, -0.2) is 4.39 Å². The van der Waals surface area contributed by atoms with E-state index in [1.165, 1.54) is 0 Å². The van der Waals surface area contributed by atoms with Crippen LogP contribution in [0.25, 0.3) is 11.0 Å². The van der Waals surface area contributed by atoms with Gasteiger partial charge in [0.25, 0.3) is 0 Å². The number of aromatic amines is 1. The molecule has 0 aromatic carbocycles. The summed E-state index contributed by atoms with van der Waals surface area (Å²) in [6.07, 6.45) is 2.72. The predicted octanol–water partition coefficient (Wildman–Crippen LogP) is 3.24. The van der Waals surface area contributed by atoms with E-state index in [0.29, 0.717) is 35.9 Å². The van der Waals surface area contributed by atoms with Crippen LogP contribution in [0.15, 0.2) is 22.8 Å². The van der Waals surface area contributed by atoms with Gasteiger partial charge in [0.05, 0.1) is 23.9 Å². The van der Waals surface area contributed by atoms with Crippen molar-refractivity contribution in [1.82, 2.24) is 15.0 Å². The molecule has 4 N–H and O–H groups in total. The fourth-order valence-corrected chi connectivity index (χ4v) is 2.51. The number of fused-ring (bicyclic) bond motifs is 1. The summed E-state index contributed by atoms with van der Waals surface area (Å²) < 4.78 is 20.0. The number of hydrogen-bond donors (Lipinski definition) is 3. The van der Waals surface area contributed by atoms with Gasteiger partial charge in [0.1, 0.15) is 17.2 Å². The van der Waals surface area contributed by atoms with E-state index in [9.17, 15) is 4.39 Å². The minimum absolute atomic E-state index is 0.0343. The number of H-pyrrole nitrogens is 1. The van der Waals surface area contributed by atoms with Crippen LogP contribution in [0.4, 0.5) is 10.2 Å². The average molecular weight is 338 g/mol. The van der Waals surface area contributed by atoms with Crippen LogP contribution in [0.2, 0.25) is 5.28 Å². The molecule has 0 saturated heterocycles. The van der Waals surface area contributed by atoms with Crippen LogP contribution in [-0.4, -0.2) is 21.0 Å². The molecule has 8 heteroatoms. The Morgan fingerprint density at radius 1 is 1.48 bits per heavy atom. The number of rotatable bonds is 6. The third kappa shape index (κ3) is 3.30. The zero-order chi connectivity index (χ0) is 16.4. The van der Waals surface area contributed by atoms with E-state index in [2.05, 4.69) is 20.3 Å². The summed E-state index contributed by atoms with van der Waals surface area (Å²) in [6.45, 7) is 2.32. The first kappa shape index (κ1) is 15.8. The minimum Gasteiger partial charge on any atom is -0.467 e. The molecule has 3 aromatic heterocycles. The summed E-state index contributed by atoms with van der Waals surface area (Å²) in [6, 6.07) is 3.47.